The lowest BCUT2D eigenvalue weighted by atomic mass is 10.1. The first-order valence-corrected chi connectivity index (χ1v) is 5.84. The Kier molecular flexibility index (Phi) is 3.66. The summed E-state index contributed by atoms with van der Waals surface area (Å²) in [6.45, 7) is 3.58. The van der Waals surface area contributed by atoms with Crippen molar-refractivity contribution in [1.29, 1.82) is 0 Å². The van der Waals surface area contributed by atoms with Crippen LogP contribution in [0.5, 0.6) is 0 Å². The van der Waals surface area contributed by atoms with Crippen molar-refractivity contribution in [3.8, 4) is 0 Å². The smallest absolute Gasteiger partial charge is 0.185 e. The zero-order valence-corrected chi connectivity index (χ0v) is 9.56. The SMILES string of the molecule is CCCn1nncc1C(=O)CC1CCCO1. The lowest BCUT2D eigenvalue weighted by molar-refractivity contribution is 0.0767. The molecule has 1 unspecified atom stereocenters. The highest BCUT2D eigenvalue weighted by Gasteiger charge is 2.22. The van der Waals surface area contributed by atoms with E-state index in [2.05, 4.69) is 17.2 Å². The quantitative estimate of drug-likeness (QED) is 0.709. The summed E-state index contributed by atoms with van der Waals surface area (Å²) < 4.78 is 7.13. The molecule has 1 aromatic heterocycles. The second-order valence-electron chi connectivity index (χ2n) is 4.10. The maximum Gasteiger partial charge on any atom is 0.185 e. The molecule has 5 heteroatoms. The number of Topliss-reactive ketones (excluding diaryl/α,β-unsaturated/α-hetero) is 1. The Morgan fingerprint density at radius 1 is 1.69 bits per heavy atom. The van der Waals surface area contributed by atoms with Crippen molar-refractivity contribution in [2.75, 3.05) is 6.61 Å². The molecule has 2 rings (SSSR count). The van der Waals surface area contributed by atoms with E-state index in [0.717, 1.165) is 32.4 Å². The largest absolute Gasteiger partial charge is 0.378 e. The predicted octanol–water partition coefficient (Wildman–Crippen LogP) is 1.44. The first kappa shape index (κ1) is 11.3. The van der Waals surface area contributed by atoms with Crippen molar-refractivity contribution in [2.45, 2.75) is 45.3 Å². The van der Waals surface area contributed by atoms with Gasteiger partial charge in [0.2, 0.25) is 0 Å². The number of aryl methyl sites for hydroxylation is 1. The third-order valence-electron chi connectivity index (χ3n) is 2.78. The monoisotopic (exact) mass is 223 g/mol. The normalized spacial score (nSPS) is 20.2. The Morgan fingerprint density at radius 2 is 2.56 bits per heavy atom. The zero-order chi connectivity index (χ0) is 11.4. The van der Waals surface area contributed by atoms with Gasteiger partial charge in [0.1, 0.15) is 5.69 Å². The summed E-state index contributed by atoms with van der Waals surface area (Å²) >= 11 is 0. The highest BCUT2D eigenvalue weighted by Crippen LogP contribution is 2.17. The average Bonchev–Trinajstić information content (AvgIpc) is 2.89. The third kappa shape index (κ3) is 2.47. The number of ketones is 1. The van der Waals surface area contributed by atoms with Crippen LogP contribution < -0.4 is 0 Å². The Morgan fingerprint density at radius 3 is 3.25 bits per heavy atom. The van der Waals surface area contributed by atoms with Crippen LogP contribution in [0.4, 0.5) is 0 Å². The van der Waals surface area contributed by atoms with Crippen LogP contribution in [-0.2, 0) is 11.3 Å². The fourth-order valence-electron chi connectivity index (χ4n) is 1.97. The van der Waals surface area contributed by atoms with Gasteiger partial charge in [-0.05, 0) is 19.3 Å². The maximum absolute atomic E-state index is 12.0. The summed E-state index contributed by atoms with van der Waals surface area (Å²) in [6.07, 6.45) is 5.09. The minimum absolute atomic E-state index is 0.0883. The molecular formula is C11H17N3O2. The summed E-state index contributed by atoms with van der Waals surface area (Å²) in [5, 5.41) is 7.69. The molecule has 1 fully saturated rings. The Labute approximate surface area is 94.8 Å². The molecule has 0 aliphatic carbocycles. The van der Waals surface area contributed by atoms with E-state index in [1.807, 2.05) is 0 Å². The van der Waals surface area contributed by atoms with Crippen molar-refractivity contribution < 1.29 is 9.53 Å². The van der Waals surface area contributed by atoms with Gasteiger partial charge in [-0.25, -0.2) is 4.68 Å². The molecule has 1 aliphatic rings. The van der Waals surface area contributed by atoms with E-state index in [9.17, 15) is 4.79 Å². The minimum Gasteiger partial charge on any atom is -0.378 e. The van der Waals surface area contributed by atoms with E-state index < -0.39 is 0 Å². The van der Waals surface area contributed by atoms with Gasteiger partial charge >= 0.3 is 0 Å². The van der Waals surface area contributed by atoms with Crippen molar-refractivity contribution >= 4 is 5.78 Å². The fraction of sp³-hybridized carbons (Fsp3) is 0.727. The van der Waals surface area contributed by atoms with Crippen LogP contribution in [0.2, 0.25) is 0 Å². The predicted molar refractivity (Wildman–Crippen MR) is 58.2 cm³/mol. The molecular weight excluding hydrogens is 206 g/mol. The highest BCUT2D eigenvalue weighted by atomic mass is 16.5. The molecule has 0 amide bonds. The molecule has 0 N–H and O–H groups in total. The molecule has 0 radical (unpaired) electrons. The fourth-order valence-corrected chi connectivity index (χ4v) is 1.97. The second kappa shape index (κ2) is 5.21. The van der Waals surface area contributed by atoms with E-state index in [-0.39, 0.29) is 11.9 Å². The molecule has 1 aromatic rings. The van der Waals surface area contributed by atoms with Crippen molar-refractivity contribution in [3.05, 3.63) is 11.9 Å². The van der Waals surface area contributed by atoms with Gasteiger partial charge in [0.05, 0.1) is 12.3 Å². The lowest BCUT2D eigenvalue weighted by Gasteiger charge is -2.08. The van der Waals surface area contributed by atoms with Gasteiger partial charge in [-0.1, -0.05) is 12.1 Å². The van der Waals surface area contributed by atoms with E-state index in [0.29, 0.717) is 12.1 Å². The van der Waals surface area contributed by atoms with Crippen molar-refractivity contribution in [1.82, 2.24) is 15.0 Å². The molecule has 5 nitrogen and oxygen atoms in total. The average molecular weight is 223 g/mol. The molecule has 1 aliphatic heterocycles. The number of aromatic nitrogens is 3. The van der Waals surface area contributed by atoms with Gasteiger partial charge < -0.3 is 4.74 Å². The topological polar surface area (TPSA) is 57.0 Å². The molecule has 0 bridgehead atoms. The van der Waals surface area contributed by atoms with Gasteiger partial charge in [-0.15, -0.1) is 5.10 Å². The van der Waals surface area contributed by atoms with Gasteiger partial charge in [-0.2, -0.15) is 0 Å². The lowest BCUT2D eigenvalue weighted by Crippen LogP contribution is -2.16. The molecule has 0 saturated carbocycles. The molecule has 88 valence electrons. The van der Waals surface area contributed by atoms with E-state index in [4.69, 9.17) is 4.74 Å². The molecule has 1 saturated heterocycles. The van der Waals surface area contributed by atoms with Gasteiger partial charge in [-0.3, -0.25) is 4.79 Å². The molecule has 16 heavy (non-hydrogen) atoms. The standard InChI is InChI=1S/C11H17N3O2/c1-2-5-14-10(8-12-13-14)11(15)7-9-4-3-6-16-9/h8-9H,2-7H2,1H3. The summed E-state index contributed by atoms with van der Waals surface area (Å²) in [4.78, 5) is 12.0. The molecule has 0 aromatic carbocycles. The summed E-state index contributed by atoms with van der Waals surface area (Å²) in [5.41, 5.74) is 0.609. The second-order valence-corrected chi connectivity index (χ2v) is 4.10. The Balaban J connectivity index is 1.99. The summed E-state index contributed by atoms with van der Waals surface area (Å²) in [7, 11) is 0. The van der Waals surface area contributed by atoms with Crippen molar-refractivity contribution in [2.24, 2.45) is 0 Å². The van der Waals surface area contributed by atoms with Gasteiger partial charge in [0.15, 0.2) is 5.78 Å². The Hall–Kier alpha value is -1.23. The van der Waals surface area contributed by atoms with Gasteiger partial charge in [0.25, 0.3) is 0 Å². The van der Waals surface area contributed by atoms with Crippen LogP contribution in [-0.4, -0.2) is 33.5 Å². The first-order valence-electron chi connectivity index (χ1n) is 5.84. The van der Waals surface area contributed by atoms with Gasteiger partial charge in [0, 0.05) is 19.6 Å². The summed E-state index contributed by atoms with van der Waals surface area (Å²) in [6, 6.07) is 0. The van der Waals surface area contributed by atoms with E-state index in [1.165, 1.54) is 0 Å². The number of ether oxygens (including phenoxy) is 1. The van der Waals surface area contributed by atoms with Crippen molar-refractivity contribution in [3.63, 3.8) is 0 Å². The molecule has 0 spiro atoms. The summed E-state index contributed by atoms with van der Waals surface area (Å²) in [5.74, 6) is 0.0883. The van der Waals surface area contributed by atoms with Crippen LogP contribution in [0.25, 0.3) is 0 Å². The minimum atomic E-state index is 0.0883. The Bertz CT molecular complexity index is 356. The molecule has 2 heterocycles. The van der Waals surface area contributed by atoms with Crippen LogP contribution in [0.1, 0.15) is 43.1 Å². The number of hydrogen-bond acceptors (Lipinski definition) is 4. The number of rotatable bonds is 5. The number of carbonyl (C=O) groups excluding carboxylic acids is 1. The van der Waals surface area contributed by atoms with Crippen LogP contribution >= 0.6 is 0 Å². The molecule has 1 atom stereocenters. The third-order valence-corrected chi connectivity index (χ3v) is 2.78. The highest BCUT2D eigenvalue weighted by molar-refractivity contribution is 5.94. The number of hydrogen-bond donors (Lipinski definition) is 0. The number of nitrogens with zero attached hydrogens (tertiary/aromatic N) is 3. The van der Waals surface area contributed by atoms with Crippen LogP contribution in [0.3, 0.4) is 0 Å². The van der Waals surface area contributed by atoms with E-state index in [1.54, 1.807) is 10.9 Å². The number of carbonyl (C=O) groups is 1. The van der Waals surface area contributed by atoms with E-state index >= 15 is 0 Å². The first-order chi connectivity index (χ1) is 7.81. The van der Waals surface area contributed by atoms with Crippen LogP contribution in [0.15, 0.2) is 6.20 Å². The van der Waals surface area contributed by atoms with Crippen LogP contribution in [0, 0.1) is 0 Å². The maximum atomic E-state index is 12.0. The zero-order valence-electron chi connectivity index (χ0n) is 9.56.